The Morgan fingerprint density at radius 2 is 2.05 bits per heavy atom. The van der Waals surface area contributed by atoms with Crippen LogP contribution in [0.2, 0.25) is 5.02 Å². The van der Waals surface area contributed by atoms with E-state index in [2.05, 4.69) is 9.98 Å². The van der Waals surface area contributed by atoms with Crippen LogP contribution in [0, 0.1) is 0 Å². The molecule has 0 N–H and O–H groups in total. The summed E-state index contributed by atoms with van der Waals surface area (Å²) in [6.45, 7) is 0.0505. The zero-order valence-corrected chi connectivity index (χ0v) is 11.3. The summed E-state index contributed by atoms with van der Waals surface area (Å²) in [5, 5.41) is 0.558. The van der Waals surface area contributed by atoms with Crippen molar-refractivity contribution >= 4 is 28.9 Å². The highest BCUT2D eigenvalue weighted by Gasteiger charge is 2.16. The molecule has 3 nitrogen and oxygen atoms in total. The van der Waals surface area contributed by atoms with Crippen molar-refractivity contribution in [3.05, 3.63) is 64.7 Å². The molecule has 20 heavy (non-hydrogen) atoms. The van der Waals surface area contributed by atoms with E-state index < -0.39 is 7.04 Å². The molecule has 0 amide bonds. The standard InChI is InChI=1S/C16H13ClN2O/c1-20-15-10-18-16(11-5-3-2-4-6-11)13-9-12(17)7-8-14(13)19-15/h2-9H,10H2,1H3/i1D3. The molecular formula is C16H13ClN2O. The lowest BCUT2D eigenvalue weighted by atomic mass is 10.0. The lowest BCUT2D eigenvalue weighted by Gasteiger charge is -2.08. The predicted molar refractivity (Wildman–Crippen MR) is 82.5 cm³/mol. The number of benzene rings is 2. The lowest BCUT2D eigenvalue weighted by molar-refractivity contribution is 0.396. The largest absolute Gasteiger partial charge is 0.483 e. The molecule has 1 heterocycles. The van der Waals surface area contributed by atoms with Gasteiger partial charge in [-0.2, -0.15) is 0 Å². The van der Waals surface area contributed by atoms with Gasteiger partial charge in [0.2, 0.25) is 5.90 Å². The van der Waals surface area contributed by atoms with Crippen LogP contribution >= 0.6 is 11.6 Å². The second-order valence-electron chi connectivity index (χ2n) is 4.30. The van der Waals surface area contributed by atoms with Gasteiger partial charge in [0.05, 0.1) is 22.5 Å². The van der Waals surface area contributed by atoms with Crippen molar-refractivity contribution in [1.29, 1.82) is 0 Å². The first-order chi connectivity index (χ1) is 10.9. The Morgan fingerprint density at radius 3 is 2.85 bits per heavy atom. The zero-order chi connectivity index (χ0) is 16.4. The van der Waals surface area contributed by atoms with E-state index in [-0.39, 0.29) is 12.4 Å². The minimum absolute atomic E-state index is 0.0505. The summed E-state index contributed by atoms with van der Waals surface area (Å²) < 4.78 is 26.6. The SMILES string of the molecule is [2H]C([2H])([2H])OC1=Nc2ccc(Cl)cc2C(c2ccccc2)=NC1. The fourth-order valence-electron chi connectivity index (χ4n) is 2.09. The summed E-state index contributed by atoms with van der Waals surface area (Å²) in [6.07, 6.45) is 0. The average Bonchev–Trinajstić information content (AvgIpc) is 2.65. The van der Waals surface area contributed by atoms with Crippen molar-refractivity contribution in [2.75, 3.05) is 13.6 Å². The third-order valence-corrected chi connectivity index (χ3v) is 3.23. The highest BCUT2D eigenvalue weighted by Crippen LogP contribution is 2.28. The maximum absolute atomic E-state index is 7.23. The van der Waals surface area contributed by atoms with Crippen molar-refractivity contribution in [3.8, 4) is 0 Å². The second kappa shape index (κ2) is 5.47. The molecular weight excluding hydrogens is 272 g/mol. The van der Waals surface area contributed by atoms with E-state index in [1.807, 2.05) is 30.3 Å². The summed E-state index contributed by atoms with van der Waals surface area (Å²) in [5.41, 5.74) is 2.93. The molecule has 100 valence electrons. The van der Waals surface area contributed by atoms with Gasteiger partial charge in [-0.05, 0) is 18.2 Å². The maximum atomic E-state index is 7.23. The molecule has 0 aromatic heterocycles. The highest BCUT2D eigenvalue weighted by molar-refractivity contribution is 6.31. The van der Waals surface area contributed by atoms with Gasteiger partial charge in [-0.25, -0.2) is 4.99 Å². The Balaban J connectivity index is 2.10. The van der Waals surface area contributed by atoms with E-state index in [9.17, 15) is 0 Å². The van der Waals surface area contributed by atoms with Gasteiger partial charge < -0.3 is 4.74 Å². The molecule has 4 heteroatoms. The lowest BCUT2D eigenvalue weighted by Crippen LogP contribution is -2.07. The number of methoxy groups -OCH3 is 1. The number of hydrogen-bond acceptors (Lipinski definition) is 3. The fraction of sp³-hybridized carbons (Fsp3) is 0.125. The van der Waals surface area contributed by atoms with Crippen LogP contribution in [0.25, 0.3) is 0 Å². The quantitative estimate of drug-likeness (QED) is 0.784. The van der Waals surface area contributed by atoms with Crippen LogP contribution in [0.3, 0.4) is 0 Å². The van der Waals surface area contributed by atoms with Crippen molar-refractivity contribution in [3.63, 3.8) is 0 Å². The third-order valence-electron chi connectivity index (χ3n) is 3.00. The summed E-state index contributed by atoms with van der Waals surface area (Å²) in [6, 6.07) is 14.8. The smallest absolute Gasteiger partial charge is 0.210 e. The molecule has 3 rings (SSSR count). The number of nitrogens with zero attached hydrogens (tertiary/aromatic N) is 2. The maximum Gasteiger partial charge on any atom is 0.210 e. The first-order valence-corrected chi connectivity index (χ1v) is 6.46. The van der Waals surface area contributed by atoms with E-state index in [0.717, 1.165) is 11.1 Å². The first kappa shape index (κ1) is 9.72. The van der Waals surface area contributed by atoms with Gasteiger partial charge in [0.1, 0.15) is 6.54 Å². The van der Waals surface area contributed by atoms with Gasteiger partial charge in [0.15, 0.2) is 0 Å². The number of hydrogen-bond donors (Lipinski definition) is 0. The van der Waals surface area contributed by atoms with Crippen LogP contribution in [-0.2, 0) is 4.74 Å². The van der Waals surface area contributed by atoms with Crippen LogP contribution in [-0.4, -0.2) is 25.2 Å². The molecule has 0 radical (unpaired) electrons. The fourth-order valence-corrected chi connectivity index (χ4v) is 2.27. The summed E-state index contributed by atoms with van der Waals surface area (Å²) in [4.78, 5) is 8.80. The normalized spacial score (nSPS) is 16.8. The molecule has 0 saturated carbocycles. The summed E-state index contributed by atoms with van der Waals surface area (Å²) in [5.74, 6) is 0.0551. The number of aliphatic imine (C=N–C) groups is 2. The molecule has 2 aromatic rings. The van der Waals surface area contributed by atoms with E-state index in [1.54, 1.807) is 18.2 Å². The Labute approximate surface area is 126 Å². The van der Waals surface area contributed by atoms with Crippen molar-refractivity contribution in [2.45, 2.75) is 0 Å². The zero-order valence-electron chi connectivity index (χ0n) is 13.5. The van der Waals surface area contributed by atoms with Crippen LogP contribution in [0.1, 0.15) is 15.2 Å². The number of fused-ring (bicyclic) bond motifs is 1. The summed E-state index contributed by atoms with van der Waals surface area (Å²) in [7, 11) is -2.56. The summed E-state index contributed by atoms with van der Waals surface area (Å²) >= 11 is 6.10. The second-order valence-corrected chi connectivity index (χ2v) is 4.74. The van der Waals surface area contributed by atoms with Crippen LogP contribution in [0.15, 0.2) is 58.5 Å². The molecule has 1 aliphatic heterocycles. The van der Waals surface area contributed by atoms with E-state index in [0.29, 0.717) is 16.4 Å². The Kier molecular flexibility index (Phi) is 2.66. The van der Waals surface area contributed by atoms with E-state index in [4.69, 9.17) is 20.5 Å². The van der Waals surface area contributed by atoms with E-state index in [1.165, 1.54) is 0 Å². The van der Waals surface area contributed by atoms with Crippen LogP contribution in [0.5, 0.6) is 0 Å². The number of halogens is 1. The molecule has 0 atom stereocenters. The predicted octanol–water partition coefficient (Wildman–Crippen LogP) is 3.87. The minimum Gasteiger partial charge on any atom is -0.483 e. The minimum atomic E-state index is -2.56. The monoisotopic (exact) mass is 287 g/mol. The van der Waals surface area contributed by atoms with Crippen LogP contribution < -0.4 is 0 Å². The van der Waals surface area contributed by atoms with Gasteiger partial charge in [-0.15, -0.1) is 0 Å². The molecule has 0 saturated heterocycles. The Bertz CT molecular complexity index is 786. The van der Waals surface area contributed by atoms with Gasteiger partial charge in [-0.3, -0.25) is 4.99 Å². The Hall–Kier alpha value is -2.13. The molecule has 0 spiro atoms. The van der Waals surface area contributed by atoms with Crippen LogP contribution in [0.4, 0.5) is 5.69 Å². The molecule has 0 unspecified atom stereocenters. The van der Waals surface area contributed by atoms with E-state index >= 15 is 0 Å². The number of rotatable bonds is 1. The topological polar surface area (TPSA) is 34.0 Å². The average molecular weight is 288 g/mol. The van der Waals surface area contributed by atoms with Crippen molar-refractivity contribution in [1.82, 2.24) is 0 Å². The third kappa shape index (κ3) is 2.45. The van der Waals surface area contributed by atoms with Gasteiger partial charge >= 0.3 is 0 Å². The molecule has 0 aliphatic carbocycles. The number of ether oxygens (including phenoxy) is 1. The highest BCUT2D eigenvalue weighted by atomic mass is 35.5. The molecule has 0 bridgehead atoms. The Morgan fingerprint density at radius 1 is 1.20 bits per heavy atom. The van der Waals surface area contributed by atoms with Gasteiger partial charge in [0.25, 0.3) is 0 Å². The van der Waals surface area contributed by atoms with Gasteiger partial charge in [-0.1, -0.05) is 41.9 Å². The molecule has 0 fully saturated rings. The molecule has 2 aromatic carbocycles. The molecule has 1 aliphatic rings. The van der Waals surface area contributed by atoms with Crippen molar-refractivity contribution < 1.29 is 8.85 Å². The van der Waals surface area contributed by atoms with Gasteiger partial charge in [0, 0.05) is 16.1 Å². The first-order valence-electron chi connectivity index (χ1n) is 7.59. The van der Waals surface area contributed by atoms with Crippen molar-refractivity contribution in [2.24, 2.45) is 9.98 Å².